The molecule has 1 aromatic rings. The molecule has 2 atom stereocenters. The molecule has 0 fully saturated rings. The van der Waals surface area contributed by atoms with E-state index in [0.717, 1.165) is 17.7 Å². The molecule has 0 saturated heterocycles. The van der Waals surface area contributed by atoms with Crippen molar-refractivity contribution < 1.29 is 5.11 Å². The van der Waals surface area contributed by atoms with Gasteiger partial charge in [-0.05, 0) is 30.2 Å². The highest BCUT2D eigenvalue weighted by atomic mass is 35.5. The number of hydrogen-bond acceptors (Lipinski definition) is 3. The molecule has 0 radical (unpaired) electrons. The lowest BCUT2D eigenvalue weighted by molar-refractivity contribution is 0.106. The second kappa shape index (κ2) is 5.12. The smallest absolute Gasteiger partial charge is 0.0639 e. The zero-order valence-electron chi connectivity index (χ0n) is 9.66. The Kier molecular flexibility index (Phi) is 3.95. The number of benzene rings is 1. The molecule has 3 nitrogen and oxygen atoms in total. The number of β-amino-alcohol motifs (C(OH)–C–C–N with tert-alkyl or cyclic N) is 1. The summed E-state index contributed by atoms with van der Waals surface area (Å²) in [6.07, 6.45) is -0.382. The largest absolute Gasteiger partial charge is 0.392 e. The van der Waals surface area contributed by atoms with Crippen LogP contribution in [0.3, 0.4) is 0 Å². The van der Waals surface area contributed by atoms with E-state index < -0.39 is 0 Å². The lowest BCUT2D eigenvalue weighted by Gasteiger charge is -2.25. The molecule has 1 heterocycles. The lowest BCUT2D eigenvalue weighted by atomic mass is 10.0. The van der Waals surface area contributed by atoms with Crippen LogP contribution in [0.2, 0.25) is 10.0 Å². The van der Waals surface area contributed by atoms with Gasteiger partial charge in [0.15, 0.2) is 0 Å². The number of halogens is 2. The third-order valence-electron chi connectivity index (χ3n) is 3.05. The molecule has 1 aromatic carbocycles. The SMILES string of the molecule is CC(O)CN1Cc2cc(Cl)cc(Cl)c2C1CN. The molecule has 5 heteroatoms. The van der Waals surface area contributed by atoms with E-state index >= 15 is 0 Å². The molecule has 1 aliphatic heterocycles. The molecule has 0 amide bonds. The first-order valence-electron chi connectivity index (χ1n) is 5.63. The first kappa shape index (κ1) is 13.1. The first-order valence-corrected chi connectivity index (χ1v) is 6.38. The summed E-state index contributed by atoms with van der Waals surface area (Å²) < 4.78 is 0. The van der Waals surface area contributed by atoms with Gasteiger partial charge in [0, 0.05) is 35.7 Å². The molecule has 2 unspecified atom stereocenters. The number of fused-ring (bicyclic) bond motifs is 1. The maximum atomic E-state index is 9.49. The second-order valence-corrected chi connectivity index (χ2v) is 5.33. The van der Waals surface area contributed by atoms with Gasteiger partial charge in [-0.2, -0.15) is 0 Å². The number of nitrogens with two attached hydrogens (primary N) is 1. The van der Waals surface area contributed by atoms with E-state index in [1.165, 1.54) is 0 Å². The number of aliphatic hydroxyl groups excluding tert-OH is 1. The van der Waals surface area contributed by atoms with E-state index in [2.05, 4.69) is 4.90 Å². The van der Waals surface area contributed by atoms with Crippen LogP contribution in [0.4, 0.5) is 0 Å². The zero-order valence-corrected chi connectivity index (χ0v) is 11.2. The van der Waals surface area contributed by atoms with E-state index in [1.54, 1.807) is 13.0 Å². The van der Waals surface area contributed by atoms with Crippen LogP contribution in [-0.4, -0.2) is 29.2 Å². The standard InChI is InChI=1S/C12H16Cl2N2O/c1-7(17)5-16-6-8-2-9(13)3-10(14)12(8)11(16)4-15/h2-3,7,11,17H,4-6,15H2,1H3. The highest BCUT2D eigenvalue weighted by Gasteiger charge is 2.31. The quantitative estimate of drug-likeness (QED) is 0.889. The van der Waals surface area contributed by atoms with E-state index in [1.807, 2.05) is 6.07 Å². The van der Waals surface area contributed by atoms with Gasteiger partial charge in [0.2, 0.25) is 0 Å². The molecule has 1 aliphatic rings. The van der Waals surface area contributed by atoms with Crippen molar-refractivity contribution in [3.8, 4) is 0 Å². The summed E-state index contributed by atoms with van der Waals surface area (Å²) in [5.74, 6) is 0. The van der Waals surface area contributed by atoms with Gasteiger partial charge in [-0.25, -0.2) is 0 Å². The molecule has 2 rings (SSSR count). The zero-order chi connectivity index (χ0) is 12.6. The Morgan fingerprint density at radius 3 is 2.82 bits per heavy atom. The molecule has 3 N–H and O–H groups in total. The van der Waals surface area contributed by atoms with Crippen LogP contribution >= 0.6 is 23.2 Å². The van der Waals surface area contributed by atoms with Crippen molar-refractivity contribution in [3.05, 3.63) is 33.3 Å². The van der Waals surface area contributed by atoms with Gasteiger partial charge in [0.25, 0.3) is 0 Å². The lowest BCUT2D eigenvalue weighted by Crippen LogP contribution is -2.33. The molecular formula is C12H16Cl2N2O. The van der Waals surface area contributed by atoms with Crippen molar-refractivity contribution in [1.82, 2.24) is 4.90 Å². The Labute approximate surface area is 111 Å². The Morgan fingerprint density at radius 2 is 2.24 bits per heavy atom. The van der Waals surface area contributed by atoms with Gasteiger partial charge < -0.3 is 10.8 Å². The molecule has 0 aliphatic carbocycles. The van der Waals surface area contributed by atoms with Crippen LogP contribution in [0, 0.1) is 0 Å². The highest BCUT2D eigenvalue weighted by Crippen LogP contribution is 2.39. The number of aliphatic hydroxyl groups is 1. The monoisotopic (exact) mass is 274 g/mol. The van der Waals surface area contributed by atoms with Crippen LogP contribution in [0.15, 0.2) is 12.1 Å². The molecule has 94 valence electrons. The predicted molar refractivity (Wildman–Crippen MR) is 70.3 cm³/mol. The van der Waals surface area contributed by atoms with Gasteiger partial charge in [-0.1, -0.05) is 23.2 Å². The normalized spacial score (nSPS) is 21.6. The highest BCUT2D eigenvalue weighted by molar-refractivity contribution is 6.35. The number of rotatable bonds is 3. The summed E-state index contributed by atoms with van der Waals surface area (Å²) in [4.78, 5) is 2.14. The summed E-state index contributed by atoms with van der Waals surface area (Å²) >= 11 is 12.2. The van der Waals surface area contributed by atoms with Crippen molar-refractivity contribution in [2.24, 2.45) is 5.73 Å². The van der Waals surface area contributed by atoms with E-state index in [0.29, 0.717) is 23.1 Å². The van der Waals surface area contributed by atoms with Gasteiger partial charge >= 0.3 is 0 Å². The average molecular weight is 275 g/mol. The predicted octanol–water partition coefficient (Wildman–Crippen LogP) is 2.19. The van der Waals surface area contributed by atoms with Crippen molar-refractivity contribution in [2.75, 3.05) is 13.1 Å². The summed E-state index contributed by atoms with van der Waals surface area (Å²) in [6.45, 7) is 3.58. The van der Waals surface area contributed by atoms with Crippen molar-refractivity contribution in [3.63, 3.8) is 0 Å². The van der Waals surface area contributed by atoms with Crippen LogP contribution < -0.4 is 5.73 Å². The molecule has 0 bridgehead atoms. The minimum absolute atomic E-state index is 0.0735. The van der Waals surface area contributed by atoms with Gasteiger partial charge in [-0.15, -0.1) is 0 Å². The van der Waals surface area contributed by atoms with E-state index in [-0.39, 0.29) is 12.1 Å². The minimum atomic E-state index is -0.382. The summed E-state index contributed by atoms with van der Waals surface area (Å²) in [6, 6.07) is 3.74. The fourth-order valence-corrected chi connectivity index (χ4v) is 3.11. The molecular weight excluding hydrogens is 259 g/mol. The van der Waals surface area contributed by atoms with Crippen LogP contribution in [0.1, 0.15) is 24.1 Å². The van der Waals surface area contributed by atoms with Crippen LogP contribution in [0.25, 0.3) is 0 Å². The van der Waals surface area contributed by atoms with Gasteiger partial charge in [-0.3, -0.25) is 4.90 Å². The van der Waals surface area contributed by atoms with Gasteiger partial charge in [0.1, 0.15) is 0 Å². The maximum Gasteiger partial charge on any atom is 0.0639 e. The molecule has 0 aromatic heterocycles. The van der Waals surface area contributed by atoms with E-state index in [4.69, 9.17) is 28.9 Å². The molecule has 0 saturated carbocycles. The first-order chi connectivity index (χ1) is 8.02. The summed E-state index contributed by atoms with van der Waals surface area (Å²) in [7, 11) is 0. The van der Waals surface area contributed by atoms with Crippen LogP contribution in [-0.2, 0) is 6.54 Å². The third kappa shape index (κ3) is 2.59. The third-order valence-corrected chi connectivity index (χ3v) is 3.58. The fraction of sp³-hybridized carbons (Fsp3) is 0.500. The van der Waals surface area contributed by atoms with Crippen molar-refractivity contribution in [1.29, 1.82) is 0 Å². The average Bonchev–Trinajstić information content (AvgIpc) is 2.53. The minimum Gasteiger partial charge on any atom is -0.392 e. The van der Waals surface area contributed by atoms with Crippen molar-refractivity contribution in [2.45, 2.75) is 25.6 Å². The Balaban J connectivity index is 2.35. The van der Waals surface area contributed by atoms with Gasteiger partial charge in [0.05, 0.1) is 6.10 Å². The Hall–Kier alpha value is -0.320. The summed E-state index contributed by atoms with van der Waals surface area (Å²) in [5, 5.41) is 10.8. The maximum absolute atomic E-state index is 9.49. The topological polar surface area (TPSA) is 49.5 Å². The summed E-state index contributed by atoms with van der Waals surface area (Å²) in [5.41, 5.74) is 7.97. The second-order valence-electron chi connectivity index (χ2n) is 4.49. The van der Waals surface area contributed by atoms with E-state index in [9.17, 15) is 5.11 Å². The number of nitrogens with zero attached hydrogens (tertiary/aromatic N) is 1. The van der Waals surface area contributed by atoms with Crippen molar-refractivity contribution >= 4 is 23.2 Å². The number of hydrogen-bond donors (Lipinski definition) is 2. The fourth-order valence-electron chi connectivity index (χ4n) is 2.45. The molecule has 17 heavy (non-hydrogen) atoms. The van der Waals surface area contributed by atoms with Crippen LogP contribution in [0.5, 0.6) is 0 Å². The molecule has 0 spiro atoms. The Morgan fingerprint density at radius 1 is 1.53 bits per heavy atom. The Bertz CT molecular complexity index is 423.